The van der Waals surface area contributed by atoms with Gasteiger partial charge in [0.1, 0.15) is 11.5 Å². The smallest absolute Gasteiger partial charge is 0.127 e. The molecular weight excluding hydrogens is 204 g/mol. The molecule has 0 bridgehead atoms. The zero-order chi connectivity index (χ0) is 11.4. The number of carboxylic acid groups (broad SMARTS) is 1. The van der Waals surface area contributed by atoms with Crippen LogP contribution in [0.25, 0.3) is 0 Å². The van der Waals surface area contributed by atoms with E-state index >= 15 is 0 Å². The van der Waals surface area contributed by atoms with E-state index in [1.165, 1.54) is 12.1 Å². The SMILES string of the molecule is O=C([O-])c1ccc(Oc2ccccc2)cc1. The zero-order valence-corrected chi connectivity index (χ0v) is 8.42. The molecule has 2 aromatic carbocycles. The van der Waals surface area contributed by atoms with Crippen LogP contribution in [0, 0.1) is 0 Å². The highest BCUT2D eigenvalue weighted by atomic mass is 16.5. The number of benzene rings is 2. The molecule has 0 aliphatic rings. The molecule has 3 heteroatoms. The Balaban J connectivity index is 2.14. The Hall–Kier alpha value is -2.29. The highest BCUT2D eigenvalue weighted by Crippen LogP contribution is 2.20. The van der Waals surface area contributed by atoms with E-state index in [0.29, 0.717) is 11.5 Å². The lowest BCUT2D eigenvalue weighted by Gasteiger charge is -2.06. The summed E-state index contributed by atoms with van der Waals surface area (Å²) < 4.78 is 5.50. The average molecular weight is 213 g/mol. The van der Waals surface area contributed by atoms with Gasteiger partial charge < -0.3 is 14.6 Å². The van der Waals surface area contributed by atoms with Gasteiger partial charge in [0, 0.05) is 0 Å². The summed E-state index contributed by atoms with van der Waals surface area (Å²) in [5.41, 5.74) is 0.139. The summed E-state index contributed by atoms with van der Waals surface area (Å²) in [4.78, 5) is 10.5. The van der Waals surface area contributed by atoms with E-state index in [-0.39, 0.29) is 5.56 Å². The van der Waals surface area contributed by atoms with Crippen LogP contribution in [0.15, 0.2) is 54.6 Å². The van der Waals surface area contributed by atoms with Gasteiger partial charge in [0.2, 0.25) is 0 Å². The van der Waals surface area contributed by atoms with E-state index in [1.807, 2.05) is 30.3 Å². The summed E-state index contributed by atoms with van der Waals surface area (Å²) in [6.07, 6.45) is 0. The van der Waals surface area contributed by atoms with Crippen LogP contribution in [0.4, 0.5) is 0 Å². The number of carbonyl (C=O) groups is 1. The van der Waals surface area contributed by atoms with Crippen LogP contribution in [0.3, 0.4) is 0 Å². The molecule has 0 saturated heterocycles. The van der Waals surface area contributed by atoms with E-state index in [4.69, 9.17) is 4.74 Å². The van der Waals surface area contributed by atoms with Crippen LogP contribution < -0.4 is 9.84 Å². The van der Waals surface area contributed by atoms with Crippen LogP contribution in [0.1, 0.15) is 10.4 Å². The molecule has 2 aromatic rings. The van der Waals surface area contributed by atoms with E-state index in [1.54, 1.807) is 12.1 Å². The third-order valence-corrected chi connectivity index (χ3v) is 2.07. The van der Waals surface area contributed by atoms with E-state index in [2.05, 4.69) is 0 Å². The Morgan fingerprint density at radius 2 is 1.44 bits per heavy atom. The summed E-state index contributed by atoms with van der Waals surface area (Å²) in [5.74, 6) is 0.117. The van der Waals surface area contributed by atoms with E-state index in [9.17, 15) is 9.90 Å². The molecule has 0 aliphatic heterocycles. The quantitative estimate of drug-likeness (QED) is 0.781. The molecule has 16 heavy (non-hydrogen) atoms. The van der Waals surface area contributed by atoms with Crippen LogP contribution in [0.5, 0.6) is 11.5 Å². The van der Waals surface area contributed by atoms with E-state index < -0.39 is 5.97 Å². The topological polar surface area (TPSA) is 49.4 Å². The number of carbonyl (C=O) groups excluding carboxylic acids is 1. The second kappa shape index (κ2) is 4.49. The van der Waals surface area contributed by atoms with Gasteiger partial charge in [-0.3, -0.25) is 0 Å². The fraction of sp³-hybridized carbons (Fsp3) is 0. The van der Waals surface area contributed by atoms with Gasteiger partial charge in [0.25, 0.3) is 0 Å². The third kappa shape index (κ3) is 2.39. The molecule has 3 nitrogen and oxygen atoms in total. The van der Waals surface area contributed by atoms with Gasteiger partial charge in [-0.1, -0.05) is 18.2 Å². The number of hydrogen-bond donors (Lipinski definition) is 0. The first-order valence-electron chi connectivity index (χ1n) is 4.80. The lowest BCUT2D eigenvalue weighted by atomic mass is 10.2. The molecule has 0 radical (unpaired) electrons. The van der Waals surface area contributed by atoms with E-state index in [0.717, 1.165) is 0 Å². The van der Waals surface area contributed by atoms with Crippen molar-refractivity contribution in [3.63, 3.8) is 0 Å². The largest absolute Gasteiger partial charge is 0.545 e. The van der Waals surface area contributed by atoms with Crippen molar-refractivity contribution < 1.29 is 14.6 Å². The maximum Gasteiger partial charge on any atom is 0.127 e. The van der Waals surface area contributed by atoms with Crippen LogP contribution in [0.2, 0.25) is 0 Å². The van der Waals surface area contributed by atoms with Gasteiger partial charge in [-0.05, 0) is 42.0 Å². The Bertz CT molecular complexity index is 474. The van der Waals surface area contributed by atoms with Gasteiger partial charge >= 0.3 is 0 Å². The first-order valence-corrected chi connectivity index (χ1v) is 4.80. The maximum atomic E-state index is 10.5. The van der Waals surface area contributed by atoms with Crippen LogP contribution in [-0.4, -0.2) is 5.97 Å². The van der Waals surface area contributed by atoms with Crippen molar-refractivity contribution in [2.75, 3.05) is 0 Å². The predicted octanol–water partition coefficient (Wildman–Crippen LogP) is 1.84. The lowest BCUT2D eigenvalue weighted by molar-refractivity contribution is -0.255. The fourth-order valence-corrected chi connectivity index (χ4v) is 1.28. The third-order valence-electron chi connectivity index (χ3n) is 2.07. The summed E-state index contributed by atoms with van der Waals surface area (Å²) in [7, 11) is 0. The van der Waals surface area contributed by atoms with Gasteiger partial charge in [-0.25, -0.2) is 0 Å². The molecule has 2 rings (SSSR count). The highest BCUT2D eigenvalue weighted by molar-refractivity contribution is 5.85. The zero-order valence-electron chi connectivity index (χ0n) is 8.42. The summed E-state index contributed by atoms with van der Waals surface area (Å²) in [6.45, 7) is 0. The first kappa shape index (κ1) is 10.2. The van der Waals surface area contributed by atoms with Gasteiger partial charge in [0.15, 0.2) is 0 Å². The molecule has 0 atom stereocenters. The minimum Gasteiger partial charge on any atom is -0.545 e. The van der Waals surface area contributed by atoms with Crippen molar-refractivity contribution in [2.24, 2.45) is 0 Å². The van der Waals surface area contributed by atoms with Crippen molar-refractivity contribution in [3.8, 4) is 11.5 Å². The van der Waals surface area contributed by atoms with Crippen LogP contribution >= 0.6 is 0 Å². The van der Waals surface area contributed by atoms with Crippen molar-refractivity contribution in [1.29, 1.82) is 0 Å². The minimum absolute atomic E-state index is 0.139. The lowest BCUT2D eigenvalue weighted by Crippen LogP contribution is -2.21. The number of rotatable bonds is 3. The molecule has 0 amide bonds. The Morgan fingerprint density at radius 3 is 2.00 bits per heavy atom. The summed E-state index contributed by atoms with van der Waals surface area (Å²) in [5, 5.41) is 10.5. The number of aromatic carboxylic acids is 1. The van der Waals surface area contributed by atoms with Gasteiger partial charge in [-0.2, -0.15) is 0 Å². The molecule has 0 aliphatic carbocycles. The Labute approximate surface area is 92.9 Å². The maximum absolute atomic E-state index is 10.5. The molecule has 0 unspecified atom stereocenters. The number of carboxylic acids is 1. The first-order chi connectivity index (χ1) is 7.75. The number of para-hydroxylation sites is 1. The predicted molar refractivity (Wildman–Crippen MR) is 57.3 cm³/mol. The fourth-order valence-electron chi connectivity index (χ4n) is 1.28. The van der Waals surface area contributed by atoms with Crippen molar-refractivity contribution >= 4 is 5.97 Å². The highest BCUT2D eigenvalue weighted by Gasteiger charge is 1.97. The Kier molecular flexibility index (Phi) is 2.87. The normalized spacial score (nSPS) is 9.75. The molecule has 0 heterocycles. The molecule has 80 valence electrons. The molecule has 0 aromatic heterocycles. The summed E-state index contributed by atoms with van der Waals surface area (Å²) in [6, 6.07) is 15.4. The number of hydrogen-bond acceptors (Lipinski definition) is 3. The molecule has 0 saturated carbocycles. The van der Waals surface area contributed by atoms with Gasteiger partial charge in [0.05, 0.1) is 5.97 Å². The molecule has 0 spiro atoms. The Morgan fingerprint density at radius 1 is 0.875 bits per heavy atom. The minimum atomic E-state index is -1.19. The molecular formula is C13H9O3-. The monoisotopic (exact) mass is 213 g/mol. The molecule has 0 N–H and O–H groups in total. The second-order valence-electron chi connectivity index (χ2n) is 3.23. The molecule has 0 fully saturated rings. The van der Waals surface area contributed by atoms with Crippen LogP contribution in [-0.2, 0) is 0 Å². The standard InChI is InChI=1S/C13H10O3/c14-13(15)10-6-8-12(9-7-10)16-11-4-2-1-3-5-11/h1-9H,(H,14,15)/p-1. The average Bonchev–Trinajstić information content (AvgIpc) is 2.31. The summed E-state index contributed by atoms with van der Waals surface area (Å²) >= 11 is 0. The van der Waals surface area contributed by atoms with Crippen molar-refractivity contribution in [2.45, 2.75) is 0 Å². The van der Waals surface area contributed by atoms with Gasteiger partial charge in [-0.15, -0.1) is 0 Å². The number of ether oxygens (including phenoxy) is 1. The van der Waals surface area contributed by atoms with Crippen molar-refractivity contribution in [1.82, 2.24) is 0 Å². The second-order valence-corrected chi connectivity index (χ2v) is 3.23. The van der Waals surface area contributed by atoms with Crippen molar-refractivity contribution in [3.05, 3.63) is 60.2 Å².